The van der Waals surface area contributed by atoms with Crippen molar-refractivity contribution in [3.8, 4) is 0 Å². The zero-order valence-corrected chi connectivity index (χ0v) is 17.4. The highest BCUT2D eigenvalue weighted by Crippen LogP contribution is 2.08. The summed E-state index contributed by atoms with van der Waals surface area (Å²) >= 11 is 0. The van der Waals surface area contributed by atoms with Crippen LogP contribution in [0, 0.1) is 0 Å². The van der Waals surface area contributed by atoms with Crippen LogP contribution < -0.4 is 10.6 Å². The van der Waals surface area contributed by atoms with Crippen LogP contribution in [-0.4, -0.2) is 24.7 Å². The van der Waals surface area contributed by atoms with Gasteiger partial charge in [0, 0.05) is 12.6 Å². The van der Waals surface area contributed by atoms with E-state index in [4.69, 9.17) is 4.74 Å². The van der Waals surface area contributed by atoms with Gasteiger partial charge in [-0.2, -0.15) is 0 Å². The molecule has 0 saturated heterocycles. The standard InChI is InChI=1S/C18H31N3O.HI/c1-6-15(5)21-18(19-7-2)20-12-16-8-10-17(11-9-16)13-22-14(3)4;/h8-11,14-15H,6-7,12-13H2,1-5H3,(H2,19,20,21);1H. The van der Waals surface area contributed by atoms with E-state index in [9.17, 15) is 0 Å². The van der Waals surface area contributed by atoms with Gasteiger partial charge >= 0.3 is 0 Å². The van der Waals surface area contributed by atoms with E-state index in [2.05, 4.69) is 74.5 Å². The normalized spacial score (nSPS) is 12.7. The van der Waals surface area contributed by atoms with Gasteiger partial charge in [-0.25, -0.2) is 4.99 Å². The van der Waals surface area contributed by atoms with E-state index in [1.54, 1.807) is 0 Å². The number of hydrogen-bond acceptors (Lipinski definition) is 2. The zero-order chi connectivity index (χ0) is 16.4. The van der Waals surface area contributed by atoms with Crippen LogP contribution in [0.1, 0.15) is 52.2 Å². The van der Waals surface area contributed by atoms with Gasteiger partial charge in [0.05, 0.1) is 19.3 Å². The second kappa shape index (κ2) is 12.6. The Labute approximate surface area is 158 Å². The van der Waals surface area contributed by atoms with Crippen LogP contribution in [0.5, 0.6) is 0 Å². The Morgan fingerprint density at radius 3 is 2.22 bits per heavy atom. The summed E-state index contributed by atoms with van der Waals surface area (Å²) in [5, 5.41) is 6.68. The van der Waals surface area contributed by atoms with Crippen LogP contribution in [0.4, 0.5) is 0 Å². The molecule has 0 spiro atoms. The summed E-state index contributed by atoms with van der Waals surface area (Å²) in [6.07, 6.45) is 1.34. The molecule has 0 amide bonds. The Morgan fingerprint density at radius 2 is 1.70 bits per heavy atom. The average Bonchev–Trinajstić information content (AvgIpc) is 2.51. The molecular weight excluding hydrogens is 401 g/mol. The number of benzene rings is 1. The second-order valence-corrected chi connectivity index (χ2v) is 5.83. The van der Waals surface area contributed by atoms with Crippen molar-refractivity contribution in [2.75, 3.05) is 6.54 Å². The molecule has 0 radical (unpaired) electrons. The van der Waals surface area contributed by atoms with E-state index in [-0.39, 0.29) is 30.1 Å². The summed E-state index contributed by atoms with van der Waals surface area (Å²) in [4.78, 5) is 4.64. The molecule has 2 N–H and O–H groups in total. The highest BCUT2D eigenvalue weighted by Gasteiger charge is 2.02. The topological polar surface area (TPSA) is 45.7 Å². The van der Waals surface area contributed by atoms with Crippen molar-refractivity contribution in [3.63, 3.8) is 0 Å². The Balaban J connectivity index is 0.00000484. The smallest absolute Gasteiger partial charge is 0.191 e. The number of hydrogen-bond donors (Lipinski definition) is 2. The number of halogens is 1. The van der Waals surface area contributed by atoms with E-state index < -0.39 is 0 Å². The van der Waals surface area contributed by atoms with Gasteiger partial charge in [0.15, 0.2) is 5.96 Å². The zero-order valence-electron chi connectivity index (χ0n) is 15.1. The van der Waals surface area contributed by atoms with E-state index in [1.807, 2.05) is 0 Å². The van der Waals surface area contributed by atoms with Gasteiger partial charge in [-0.1, -0.05) is 31.2 Å². The SMILES string of the molecule is CCNC(=NCc1ccc(COC(C)C)cc1)NC(C)CC.I. The third-order valence-corrected chi connectivity index (χ3v) is 3.37. The first-order valence-corrected chi connectivity index (χ1v) is 8.29. The predicted molar refractivity (Wildman–Crippen MR) is 109 cm³/mol. The largest absolute Gasteiger partial charge is 0.374 e. The van der Waals surface area contributed by atoms with Crippen LogP contribution in [-0.2, 0) is 17.9 Å². The molecule has 5 heteroatoms. The van der Waals surface area contributed by atoms with Crippen LogP contribution in [0.2, 0.25) is 0 Å². The summed E-state index contributed by atoms with van der Waals surface area (Å²) in [7, 11) is 0. The molecule has 0 fully saturated rings. The molecule has 0 aliphatic carbocycles. The average molecular weight is 433 g/mol. The third kappa shape index (κ3) is 9.81. The molecule has 1 aromatic rings. The molecule has 0 bridgehead atoms. The first-order valence-electron chi connectivity index (χ1n) is 8.29. The number of nitrogens with one attached hydrogen (secondary N) is 2. The van der Waals surface area contributed by atoms with Gasteiger partial charge in [-0.15, -0.1) is 24.0 Å². The first-order chi connectivity index (χ1) is 10.5. The van der Waals surface area contributed by atoms with Crippen molar-refractivity contribution in [3.05, 3.63) is 35.4 Å². The van der Waals surface area contributed by atoms with Crippen LogP contribution >= 0.6 is 24.0 Å². The molecule has 1 rings (SSSR count). The second-order valence-electron chi connectivity index (χ2n) is 5.83. The number of guanidine groups is 1. The van der Waals surface area contributed by atoms with Crippen molar-refractivity contribution < 1.29 is 4.74 Å². The molecule has 1 aromatic carbocycles. The Morgan fingerprint density at radius 1 is 1.09 bits per heavy atom. The molecule has 0 saturated carbocycles. The van der Waals surface area contributed by atoms with Gasteiger partial charge in [0.1, 0.15) is 0 Å². The molecule has 23 heavy (non-hydrogen) atoms. The molecule has 0 aromatic heterocycles. The van der Waals surface area contributed by atoms with Crippen molar-refractivity contribution in [1.29, 1.82) is 0 Å². The molecule has 1 unspecified atom stereocenters. The van der Waals surface area contributed by atoms with Crippen LogP contribution in [0.15, 0.2) is 29.3 Å². The maximum Gasteiger partial charge on any atom is 0.191 e. The molecule has 1 atom stereocenters. The van der Waals surface area contributed by atoms with E-state index in [0.29, 0.717) is 19.2 Å². The summed E-state index contributed by atoms with van der Waals surface area (Å²) in [5.74, 6) is 0.879. The number of aliphatic imine (C=N–C) groups is 1. The summed E-state index contributed by atoms with van der Waals surface area (Å²) < 4.78 is 5.61. The monoisotopic (exact) mass is 433 g/mol. The summed E-state index contributed by atoms with van der Waals surface area (Å²) in [5.41, 5.74) is 2.40. The van der Waals surface area contributed by atoms with E-state index in [0.717, 1.165) is 18.9 Å². The summed E-state index contributed by atoms with van der Waals surface area (Å²) in [6.45, 7) is 12.7. The van der Waals surface area contributed by atoms with E-state index in [1.165, 1.54) is 11.1 Å². The molecule has 0 heterocycles. The van der Waals surface area contributed by atoms with Gasteiger partial charge in [0.25, 0.3) is 0 Å². The van der Waals surface area contributed by atoms with Crippen molar-refractivity contribution in [1.82, 2.24) is 10.6 Å². The molecule has 0 aliphatic heterocycles. The van der Waals surface area contributed by atoms with Crippen molar-refractivity contribution in [2.24, 2.45) is 4.99 Å². The van der Waals surface area contributed by atoms with Gasteiger partial charge < -0.3 is 15.4 Å². The maximum atomic E-state index is 5.61. The third-order valence-electron chi connectivity index (χ3n) is 3.37. The number of ether oxygens (including phenoxy) is 1. The fraction of sp³-hybridized carbons (Fsp3) is 0.611. The van der Waals surface area contributed by atoms with Gasteiger partial charge in [0.2, 0.25) is 0 Å². The highest BCUT2D eigenvalue weighted by molar-refractivity contribution is 14.0. The lowest BCUT2D eigenvalue weighted by molar-refractivity contribution is 0.0657. The Hall–Kier alpha value is -0.820. The lowest BCUT2D eigenvalue weighted by Crippen LogP contribution is -2.41. The first kappa shape index (κ1) is 22.2. The van der Waals surface area contributed by atoms with Crippen molar-refractivity contribution >= 4 is 29.9 Å². The lowest BCUT2D eigenvalue weighted by atomic mass is 10.1. The molecule has 4 nitrogen and oxygen atoms in total. The van der Waals surface area contributed by atoms with E-state index >= 15 is 0 Å². The van der Waals surface area contributed by atoms with Crippen LogP contribution in [0.3, 0.4) is 0 Å². The molecule has 0 aliphatic rings. The minimum atomic E-state index is 0. The number of nitrogens with zero attached hydrogens (tertiary/aromatic N) is 1. The predicted octanol–water partition coefficient (Wildman–Crippen LogP) is 4.08. The quantitative estimate of drug-likeness (QED) is 0.369. The maximum absolute atomic E-state index is 5.61. The fourth-order valence-corrected chi connectivity index (χ4v) is 1.83. The minimum absolute atomic E-state index is 0. The highest BCUT2D eigenvalue weighted by atomic mass is 127. The Kier molecular flexibility index (Phi) is 12.1. The van der Waals surface area contributed by atoms with Gasteiger partial charge in [-0.3, -0.25) is 0 Å². The van der Waals surface area contributed by atoms with Crippen LogP contribution in [0.25, 0.3) is 0 Å². The Bertz CT molecular complexity index is 446. The number of rotatable bonds is 8. The molecular formula is C18H32IN3O. The van der Waals surface area contributed by atoms with Gasteiger partial charge in [-0.05, 0) is 45.2 Å². The fourth-order valence-electron chi connectivity index (χ4n) is 1.83. The minimum Gasteiger partial charge on any atom is -0.374 e. The van der Waals surface area contributed by atoms with Crippen molar-refractivity contribution in [2.45, 2.75) is 66.3 Å². The summed E-state index contributed by atoms with van der Waals surface area (Å²) in [6, 6.07) is 8.89. The molecule has 132 valence electrons. The lowest BCUT2D eigenvalue weighted by Gasteiger charge is -2.16.